The average molecular weight is 275 g/mol. The van der Waals surface area contributed by atoms with Crippen LogP contribution in [0.25, 0.3) is 0 Å². The summed E-state index contributed by atoms with van der Waals surface area (Å²) in [5, 5.41) is 9.76. The minimum absolute atomic E-state index is 0.0105. The maximum atomic E-state index is 13.7. The number of nitrogens with zero attached hydrogens (tertiary/aromatic N) is 4. The van der Waals surface area contributed by atoms with Gasteiger partial charge in [0.15, 0.2) is 11.6 Å². The van der Waals surface area contributed by atoms with Gasteiger partial charge in [-0.3, -0.25) is 0 Å². The Morgan fingerprint density at radius 1 is 1.61 bits per heavy atom. The van der Waals surface area contributed by atoms with Crippen LogP contribution in [0, 0.1) is 5.82 Å². The van der Waals surface area contributed by atoms with E-state index in [1.54, 1.807) is 4.90 Å². The van der Waals surface area contributed by atoms with Gasteiger partial charge in [0.2, 0.25) is 5.28 Å². The van der Waals surface area contributed by atoms with Crippen molar-refractivity contribution in [3.05, 3.63) is 17.3 Å². The molecule has 0 amide bonds. The Hall–Kier alpha value is -0.980. The summed E-state index contributed by atoms with van der Waals surface area (Å²) in [4.78, 5) is 11.3. The summed E-state index contributed by atoms with van der Waals surface area (Å²) >= 11 is 5.70. The summed E-state index contributed by atoms with van der Waals surface area (Å²) in [6.07, 6.45) is 1.18. The van der Waals surface area contributed by atoms with Crippen molar-refractivity contribution in [1.29, 1.82) is 0 Å². The molecule has 1 aliphatic heterocycles. The molecule has 1 aromatic rings. The highest BCUT2D eigenvalue weighted by Gasteiger charge is 2.33. The minimum Gasteiger partial charge on any atom is -0.391 e. The lowest BCUT2D eigenvalue weighted by atomic mass is 10.2. The number of aliphatic hydroxyl groups is 1. The van der Waals surface area contributed by atoms with E-state index in [-0.39, 0.29) is 17.1 Å². The van der Waals surface area contributed by atoms with Gasteiger partial charge in [0.1, 0.15) is 0 Å². The molecule has 1 fully saturated rings. The van der Waals surface area contributed by atoms with Crippen molar-refractivity contribution in [3.63, 3.8) is 0 Å². The predicted octanol–water partition coefficient (Wildman–Crippen LogP) is 0.770. The van der Waals surface area contributed by atoms with E-state index < -0.39 is 11.9 Å². The van der Waals surface area contributed by atoms with E-state index >= 15 is 0 Å². The van der Waals surface area contributed by atoms with Gasteiger partial charge in [-0.25, -0.2) is 9.37 Å². The number of hydrogen-bond donors (Lipinski definition) is 1. The smallest absolute Gasteiger partial charge is 0.224 e. The first-order valence-corrected chi connectivity index (χ1v) is 6.12. The second-order valence-corrected chi connectivity index (χ2v) is 5.11. The van der Waals surface area contributed by atoms with Crippen LogP contribution in [-0.4, -0.2) is 59.3 Å². The number of halogens is 2. The number of β-amino-alcohol motifs (C(OH)–C–C–N with tert-alkyl or cyclic N) is 1. The molecule has 1 aromatic heterocycles. The van der Waals surface area contributed by atoms with Crippen LogP contribution in [-0.2, 0) is 0 Å². The van der Waals surface area contributed by atoms with E-state index in [2.05, 4.69) is 9.97 Å². The lowest BCUT2D eigenvalue weighted by Gasteiger charge is -2.27. The van der Waals surface area contributed by atoms with Crippen LogP contribution in [0.2, 0.25) is 5.28 Å². The number of aliphatic hydroxyl groups excluding tert-OH is 1. The molecule has 0 aromatic carbocycles. The molecule has 100 valence electrons. The fourth-order valence-corrected chi connectivity index (χ4v) is 2.41. The monoisotopic (exact) mass is 274 g/mol. The van der Waals surface area contributed by atoms with Crippen molar-refractivity contribution in [1.82, 2.24) is 14.9 Å². The summed E-state index contributed by atoms with van der Waals surface area (Å²) in [5.41, 5.74) is 0. The zero-order chi connectivity index (χ0) is 13.3. The van der Waals surface area contributed by atoms with E-state index in [1.807, 2.05) is 19.0 Å². The molecule has 1 N–H and O–H groups in total. The highest BCUT2D eigenvalue weighted by molar-refractivity contribution is 6.28. The summed E-state index contributed by atoms with van der Waals surface area (Å²) in [7, 11) is 3.87. The Morgan fingerprint density at radius 2 is 2.33 bits per heavy atom. The topological polar surface area (TPSA) is 52.5 Å². The van der Waals surface area contributed by atoms with Crippen LogP contribution in [0.5, 0.6) is 0 Å². The molecule has 0 saturated carbocycles. The van der Waals surface area contributed by atoms with Gasteiger partial charge >= 0.3 is 0 Å². The van der Waals surface area contributed by atoms with Crippen LogP contribution in [0.15, 0.2) is 6.20 Å². The molecule has 18 heavy (non-hydrogen) atoms. The van der Waals surface area contributed by atoms with Crippen molar-refractivity contribution < 1.29 is 9.50 Å². The number of rotatable bonds is 3. The van der Waals surface area contributed by atoms with Gasteiger partial charge in [-0.05, 0) is 32.1 Å². The number of hydrogen-bond acceptors (Lipinski definition) is 5. The van der Waals surface area contributed by atoms with Gasteiger partial charge in [0, 0.05) is 19.1 Å². The predicted molar refractivity (Wildman–Crippen MR) is 67.3 cm³/mol. The Labute approximate surface area is 110 Å². The van der Waals surface area contributed by atoms with E-state index in [9.17, 15) is 9.50 Å². The molecule has 2 unspecified atom stereocenters. The fraction of sp³-hybridized carbons (Fsp3) is 0.636. The molecule has 0 radical (unpaired) electrons. The van der Waals surface area contributed by atoms with E-state index in [0.29, 0.717) is 13.0 Å². The molecule has 2 rings (SSSR count). The Kier molecular flexibility index (Phi) is 3.99. The largest absolute Gasteiger partial charge is 0.391 e. The maximum absolute atomic E-state index is 13.7. The molecule has 2 atom stereocenters. The quantitative estimate of drug-likeness (QED) is 0.825. The molecule has 2 heterocycles. The summed E-state index contributed by atoms with van der Waals surface area (Å²) in [5.74, 6) is -0.351. The highest BCUT2D eigenvalue weighted by Crippen LogP contribution is 2.27. The zero-order valence-electron chi connectivity index (χ0n) is 10.3. The first-order chi connectivity index (χ1) is 8.47. The third-order valence-electron chi connectivity index (χ3n) is 2.94. The molecule has 0 bridgehead atoms. The van der Waals surface area contributed by atoms with Gasteiger partial charge in [-0.1, -0.05) is 0 Å². The Balaban J connectivity index is 2.26. The minimum atomic E-state index is -0.516. The number of anilines is 1. The first-order valence-electron chi connectivity index (χ1n) is 5.75. The molecule has 7 heteroatoms. The highest BCUT2D eigenvalue weighted by atomic mass is 35.5. The van der Waals surface area contributed by atoms with Crippen molar-refractivity contribution >= 4 is 17.4 Å². The third-order valence-corrected chi connectivity index (χ3v) is 3.12. The fourth-order valence-electron chi connectivity index (χ4n) is 2.28. The van der Waals surface area contributed by atoms with Gasteiger partial charge in [-0.15, -0.1) is 0 Å². The van der Waals surface area contributed by atoms with Crippen molar-refractivity contribution in [2.24, 2.45) is 0 Å². The first kappa shape index (κ1) is 13.5. The molecular weight excluding hydrogens is 259 g/mol. The van der Waals surface area contributed by atoms with E-state index in [4.69, 9.17) is 11.6 Å². The lowest BCUT2D eigenvalue weighted by Crippen LogP contribution is -2.38. The Morgan fingerprint density at radius 3 is 3.00 bits per heavy atom. The second kappa shape index (κ2) is 5.34. The molecule has 1 aliphatic rings. The van der Waals surface area contributed by atoms with Crippen molar-refractivity contribution in [2.45, 2.75) is 18.6 Å². The third kappa shape index (κ3) is 2.88. The lowest BCUT2D eigenvalue weighted by molar-refractivity contribution is 0.191. The van der Waals surface area contributed by atoms with Gasteiger partial charge in [0.25, 0.3) is 0 Å². The molecule has 0 spiro atoms. The number of likely N-dealkylation sites (N-methyl/N-ethyl adjacent to an activating group) is 1. The van der Waals surface area contributed by atoms with Gasteiger partial charge in [-0.2, -0.15) is 4.98 Å². The summed E-state index contributed by atoms with van der Waals surface area (Å²) in [6, 6.07) is 0.0236. The van der Waals surface area contributed by atoms with Crippen LogP contribution < -0.4 is 4.90 Å². The van der Waals surface area contributed by atoms with Crippen LogP contribution in [0.4, 0.5) is 10.2 Å². The van der Waals surface area contributed by atoms with E-state index in [0.717, 1.165) is 12.7 Å². The van der Waals surface area contributed by atoms with Crippen LogP contribution >= 0.6 is 11.6 Å². The van der Waals surface area contributed by atoms with Crippen LogP contribution in [0.3, 0.4) is 0 Å². The molecular formula is C11H16ClFN4O. The van der Waals surface area contributed by atoms with E-state index in [1.165, 1.54) is 0 Å². The zero-order valence-corrected chi connectivity index (χ0v) is 11.1. The average Bonchev–Trinajstić information content (AvgIpc) is 2.62. The second-order valence-electron chi connectivity index (χ2n) is 4.77. The standard InChI is InChI=1S/C11H16ClFN4O/c1-16(2)5-7-3-8(18)6-17(7)10-9(13)4-14-11(12)15-10/h4,7-8,18H,3,5-6H2,1-2H3. The Bertz CT molecular complexity index is 432. The SMILES string of the molecule is CN(C)CC1CC(O)CN1c1nc(Cl)ncc1F. The molecule has 1 saturated heterocycles. The molecule has 0 aliphatic carbocycles. The van der Waals surface area contributed by atoms with Crippen LogP contribution in [0.1, 0.15) is 6.42 Å². The number of aromatic nitrogens is 2. The van der Waals surface area contributed by atoms with Gasteiger partial charge in [0.05, 0.1) is 12.3 Å². The molecule has 5 nitrogen and oxygen atoms in total. The summed E-state index contributed by atoms with van der Waals surface area (Å²) in [6.45, 7) is 1.08. The normalized spacial score (nSPS) is 24.0. The summed E-state index contributed by atoms with van der Waals surface area (Å²) < 4.78 is 13.7. The van der Waals surface area contributed by atoms with Crippen molar-refractivity contribution in [2.75, 3.05) is 32.1 Å². The maximum Gasteiger partial charge on any atom is 0.224 e. The van der Waals surface area contributed by atoms with Crippen molar-refractivity contribution in [3.8, 4) is 0 Å². The van der Waals surface area contributed by atoms with Gasteiger partial charge < -0.3 is 14.9 Å².